The molecule has 2 saturated heterocycles. The van der Waals surface area contributed by atoms with Crippen LogP contribution < -0.4 is 5.73 Å². The van der Waals surface area contributed by atoms with Crippen molar-refractivity contribution < 1.29 is 18.0 Å². The van der Waals surface area contributed by atoms with Crippen molar-refractivity contribution in [3.05, 3.63) is 29.3 Å². The van der Waals surface area contributed by atoms with Crippen LogP contribution in [-0.4, -0.2) is 55.1 Å². The van der Waals surface area contributed by atoms with Crippen LogP contribution in [0.4, 0.5) is 0 Å². The average Bonchev–Trinajstić information content (AvgIpc) is 3.12. The first-order chi connectivity index (χ1) is 12.3. The lowest BCUT2D eigenvalue weighted by atomic mass is 9.96. The predicted octanol–water partition coefficient (Wildman–Crippen LogP) is 1.22. The normalized spacial score (nSPS) is 22.5. The number of hydrogen-bond donors (Lipinski definition) is 1. The molecular weight excluding hydrogens is 378 g/mol. The van der Waals surface area contributed by atoms with E-state index in [0.29, 0.717) is 50.3 Å². The lowest BCUT2D eigenvalue weighted by Crippen LogP contribution is -2.50. The van der Waals surface area contributed by atoms with Crippen LogP contribution in [0.3, 0.4) is 0 Å². The molecule has 0 radical (unpaired) electrons. The maximum absolute atomic E-state index is 12.9. The van der Waals surface area contributed by atoms with Crippen molar-refractivity contribution in [3.8, 4) is 0 Å². The van der Waals surface area contributed by atoms with Crippen LogP contribution >= 0.6 is 11.6 Å². The number of nitrogens with two attached hydrogens (primary N) is 1. The molecule has 0 aromatic heterocycles. The Morgan fingerprint density at radius 2 is 1.65 bits per heavy atom. The van der Waals surface area contributed by atoms with E-state index in [9.17, 15) is 18.0 Å². The molecule has 0 bridgehead atoms. The van der Waals surface area contributed by atoms with E-state index in [0.717, 1.165) is 0 Å². The molecule has 7 nitrogen and oxygen atoms in total. The number of rotatable bonds is 4. The number of primary amides is 1. The summed E-state index contributed by atoms with van der Waals surface area (Å²) >= 11 is 5.83. The molecule has 2 aliphatic rings. The summed E-state index contributed by atoms with van der Waals surface area (Å²) in [4.78, 5) is 26.0. The Kier molecular flexibility index (Phi) is 5.55. The summed E-state index contributed by atoms with van der Waals surface area (Å²) < 4.78 is 27.2. The van der Waals surface area contributed by atoms with Gasteiger partial charge >= 0.3 is 0 Å². The summed E-state index contributed by atoms with van der Waals surface area (Å²) in [6, 6.07) is 5.26. The largest absolute Gasteiger partial charge is 0.369 e. The van der Waals surface area contributed by atoms with Crippen LogP contribution in [0.1, 0.15) is 25.7 Å². The second kappa shape index (κ2) is 7.54. The highest BCUT2D eigenvalue weighted by atomic mass is 35.5. The first kappa shape index (κ1) is 19.1. The van der Waals surface area contributed by atoms with Gasteiger partial charge in [0, 0.05) is 30.6 Å². The van der Waals surface area contributed by atoms with Gasteiger partial charge in [0.1, 0.15) is 6.04 Å². The molecule has 2 amide bonds. The molecule has 1 aromatic carbocycles. The number of hydrogen-bond acceptors (Lipinski definition) is 4. The summed E-state index contributed by atoms with van der Waals surface area (Å²) in [5, 5.41) is 0.454. The molecule has 2 heterocycles. The molecule has 142 valence electrons. The van der Waals surface area contributed by atoms with Gasteiger partial charge in [0.2, 0.25) is 21.8 Å². The van der Waals surface area contributed by atoms with Crippen molar-refractivity contribution in [2.24, 2.45) is 11.7 Å². The molecular formula is C17H22ClN3O4S. The third kappa shape index (κ3) is 3.72. The zero-order chi connectivity index (χ0) is 18.9. The van der Waals surface area contributed by atoms with E-state index < -0.39 is 16.1 Å². The van der Waals surface area contributed by atoms with Crippen molar-refractivity contribution in [2.75, 3.05) is 19.6 Å². The molecule has 0 spiro atoms. The minimum absolute atomic E-state index is 0.133. The van der Waals surface area contributed by atoms with Gasteiger partial charge in [-0.1, -0.05) is 11.6 Å². The molecule has 1 aromatic rings. The number of amides is 2. The summed E-state index contributed by atoms with van der Waals surface area (Å²) in [5.74, 6) is -0.746. The Bertz CT molecular complexity index is 789. The number of carbonyl (C=O) groups is 2. The van der Waals surface area contributed by atoms with Crippen molar-refractivity contribution >= 4 is 33.4 Å². The summed E-state index contributed by atoms with van der Waals surface area (Å²) in [5.41, 5.74) is 5.33. The summed E-state index contributed by atoms with van der Waals surface area (Å²) in [6.45, 7) is 1.18. The van der Waals surface area contributed by atoms with Gasteiger partial charge < -0.3 is 10.6 Å². The zero-order valence-corrected chi connectivity index (χ0v) is 15.9. The molecule has 2 aliphatic heterocycles. The predicted molar refractivity (Wildman–Crippen MR) is 96.9 cm³/mol. The Labute approximate surface area is 158 Å². The van der Waals surface area contributed by atoms with Gasteiger partial charge in [-0.25, -0.2) is 8.42 Å². The smallest absolute Gasteiger partial charge is 0.243 e. The fraction of sp³-hybridized carbons (Fsp3) is 0.529. The van der Waals surface area contributed by atoms with E-state index in [1.807, 2.05) is 0 Å². The van der Waals surface area contributed by atoms with Crippen LogP contribution in [0.15, 0.2) is 29.2 Å². The fourth-order valence-corrected chi connectivity index (χ4v) is 5.39. The van der Waals surface area contributed by atoms with E-state index in [1.54, 1.807) is 4.90 Å². The number of likely N-dealkylation sites (tertiary alicyclic amines) is 1. The molecule has 9 heteroatoms. The highest BCUT2D eigenvalue weighted by Crippen LogP contribution is 2.29. The van der Waals surface area contributed by atoms with Crippen molar-refractivity contribution in [2.45, 2.75) is 36.6 Å². The molecule has 0 aliphatic carbocycles. The van der Waals surface area contributed by atoms with E-state index in [2.05, 4.69) is 0 Å². The van der Waals surface area contributed by atoms with E-state index in [-0.39, 0.29) is 22.6 Å². The first-order valence-corrected chi connectivity index (χ1v) is 10.5. The highest BCUT2D eigenvalue weighted by molar-refractivity contribution is 7.89. The number of carbonyl (C=O) groups excluding carboxylic acids is 2. The lowest BCUT2D eigenvalue weighted by molar-refractivity contribution is -0.137. The van der Waals surface area contributed by atoms with Gasteiger partial charge in [0.25, 0.3) is 0 Å². The molecule has 2 fully saturated rings. The third-order valence-electron chi connectivity index (χ3n) is 5.12. The van der Waals surface area contributed by atoms with E-state index >= 15 is 0 Å². The van der Waals surface area contributed by atoms with E-state index in [1.165, 1.54) is 28.6 Å². The quantitative estimate of drug-likeness (QED) is 0.822. The summed E-state index contributed by atoms with van der Waals surface area (Å²) in [7, 11) is -3.76. The highest BCUT2D eigenvalue weighted by Gasteiger charge is 2.41. The van der Waals surface area contributed by atoms with Gasteiger partial charge in [-0.05, 0) is 49.9 Å². The zero-order valence-electron chi connectivity index (χ0n) is 14.3. The fourth-order valence-electron chi connectivity index (χ4n) is 3.61. The summed E-state index contributed by atoms with van der Waals surface area (Å²) in [6.07, 6.45) is 2.19. The van der Waals surface area contributed by atoms with Crippen molar-refractivity contribution in [1.82, 2.24) is 9.21 Å². The maximum Gasteiger partial charge on any atom is 0.243 e. The number of nitrogens with zero attached hydrogens (tertiary/aromatic N) is 2. The number of benzene rings is 1. The Morgan fingerprint density at radius 3 is 2.23 bits per heavy atom. The van der Waals surface area contributed by atoms with E-state index in [4.69, 9.17) is 17.3 Å². The lowest BCUT2D eigenvalue weighted by Gasteiger charge is -2.34. The van der Waals surface area contributed by atoms with Crippen LogP contribution in [-0.2, 0) is 19.6 Å². The molecule has 3 rings (SSSR count). The molecule has 0 saturated carbocycles. The van der Waals surface area contributed by atoms with Crippen LogP contribution in [0.25, 0.3) is 0 Å². The number of sulfonamides is 1. The van der Waals surface area contributed by atoms with Gasteiger partial charge in [-0.15, -0.1) is 0 Å². The van der Waals surface area contributed by atoms with Gasteiger partial charge in [-0.3, -0.25) is 9.59 Å². The number of piperidine rings is 1. The monoisotopic (exact) mass is 399 g/mol. The van der Waals surface area contributed by atoms with Gasteiger partial charge in [-0.2, -0.15) is 4.31 Å². The van der Waals surface area contributed by atoms with Crippen molar-refractivity contribution in [1.29, 1.82) is 0 Å². The molecule has 0 unspecified atom stereocenters. The Hall–Kier alpha value is -1.64. The second-order valence-electron chi connectivity index (χ2n) is 6.73. The molecule has 1 atom stereocenters. The van der Waals surface area contributed by atoms with Gasteiger partial charge in [0.15, 0.2) is 0 Å². The van der Waals surface area contributed by atoms with Crippen LogP contribution in [0.5, 0.6) is 0 Å². The van der Waals surface area contributed by atoms with Crippen LogP contribution in [0.2, 0.25) is 5.02 Å². The van der Waals surface area contributed by atoms with Gasteiger partial charge in [0.05, 0.1) is 4.90 Å². The number of halogens is 1. The second-order valence-corrected chi connectivity index (χ2v) is 9.06. The minimum atomic E-state index is -3.76. The first-order valence-electron chi connectivity index (χ1n) is 8.66. The molecule has 2 N–H and O–H groups in total. The topological polar surface area (TPSA) is 101 Å². The van der Waals surface area contributed by atoms with Crippen LogP contribution in [0, 0.1) is 5.92 Å². The Morgan fingerprint density at radius 1 is 1.04 bits per heavy atom. The third-order valence-corrected chi connectivity index (χ3v) is 7.29. The standard InChI is InChI=1S/C17H22ClN3O4S/c18-13-3-5-14(6-4-13)26(24,25)21-9-1-2-15(21)17(23)20-10-7-12(8-11-20)16(19)22/h3-6,12,15H,1-2,7-11H2,(H2,19,22)/t15-/m0/s1. The minimum Gasteiger partial charge on any atom is -0.369 e. The molecule has 26 heavy (non-hydrogen) atoms. The Balaban J connectivity index is 1.74. The SMILES string of the molecule is NC(=O)C1CCN(C(=O)[C@@H]2CCCN2S(=O)(=O)c2ccc(Cl)cc2)CC1. The maximum atomic E-state index is 12.9. The average molecular weight is 400 g/mol. The van der Waals surface area contributed by atoms with Crippen molar-refractivity contribution in [3.63, 3.8) is 0 Å².